The van der Waals surface area contributed by atoms with E-state index in [1.807, 2.05) is 19.9 Å². The second kappa shape index (κ2) is 11.7. The van der Waals surface area contributed by atoms with Gasteiger partial charge in [-0.3, -0.25) is 4.79 Å². The summed E-state index contributed by atoms with van der Waals surface area (Å²) in [4.78, 5) is 13.6. The number of Topliss-reactive ketones (excluding diaryl/α,β-unsaturated/α-hetero) is 1. The lowest BCUT2D eigenvalue weighted by atomic mass is 9.54. The first-order chi connectivity index (χ1) is 21.0. The molecule has 2 saturated carbocycles. The number of ketones is 1. The van der Waals surface area contributed by atoms with Gasteiger partial charge in [0.15, 0.2) is 11.4 Å². The van der Waals surface area contributed by atoms with Crippen molar-refractivity contribution in [2.45, 2.75) is 158 Å². The number of fused-ring (bicyclic) bond motifs is 3. The lowest BCUT2D eigenvalue weighted by Gasteiger charge is -2.59. The Kier molecular flexibility index (Phi) is 8.65. The highest BCUT2D eigenvalue weighted by atomic mass is 16.9. The normalized spacial score (nSPS) is 46.5. The van der Waals surface area contributed by atoms with Crippen molar-refractivity contribution in [3.05, 3.63) is 36.0 Å². The number of carbonyl (C=O) groups excluding carboxylic acids is 1. The second-order valence-corrected chi connectivity index (χ2v) is 14.8. The third-order valence-corrected chi connectivity index (χ3v) is 12.0. The molecule has 3 saturated heterocycles. The zero-order valence-corrected chi connectivity index (χ0v) is 27.2. The largest absolute Gasteiger partial charge is 0.393 e. The molecular formula is C36H54O8. The lowest BCUT2D eigenvalue weighted by Crippen LogP contribution is -2.72. The van der Waals surface area contributed by atoms with Gasteiger partial charge in [0, 0.05) is 17.9 Å². The van der Waals surface area contributed by atoms with Gasteiger partial charge in [-0.15, -0.1) is 0 Å². The average Bonchev–Trinajstić information content (AvgIpc) is 3.63. The van der Waals surface area contributed by atoms with E-state index in [0.717, 1.165) is 18.4 Å². The van der Waals surface area contributed by atoms with Crippen LogP contribution in [-0.2, 0) is 23.7 Å². The SMILES string of the molecule is C=C(C)[C@]12C[C@@H](C)C34OC(/C=C/CCCCCCCCCCCCC)(O[C@@H]1C3[C@@H]1O[C@]1(CO)[C@@H](O)[C@]1(O)C(=O)C(C)=C[C@@H]41)O2. The highest BCUT2D eigenvalue weighted by Crippen LogP contribution is 2.72. The van der Waals surface area contributed by atoms with Gasteiger partial charge in [-0.25, -0.2) is 0 Å². The Balaban J connectivity index is 1.20. The van der Waals surface area contributed by atoms with Gasteiger partial charge in [0.1, 0.15) is 29.5 Å². The van der Waals surface area contributed by atoms with Gasteiger partial charge in [-0.2, -0.15) is 0 Å². The van der Waals surface area contributed by atoms with Gasteiger partial charge < -0.3 is 34.3 Å². The van der Waals surface area contributed by atoms with Crippen LogP contribution in [-0.4, -0.2) is 74.4 Å². The predicted molar refractivity (Wildman–Crippen MR) is 165 cm³/mol. The molecule has 3 heterocycles. The molecule has 0 aromatic rings. The third-order valence-electron chi connectivity index (χ3n) is 12.0. The maximum Gasteiger partial charge on any atom is 0.306 e. The van der Waals surface area contributed by atoms with Crippen LogP contribution in [0.3, 0.4) is 0 Å². The fourth-order valence-electron chi connectivity index (χ4n) is 9.57. The van der Waals surface area contributed by atoms with Crippen LogP contribution in [0.25, 0.3) is 0 Å². The summed E-state index contributed by atoms with van der Waals surface area (Å²) >= 11 is 0. The fourth-order valence-corrected chi connectivity index (χ4v) is 9.57. The number of hydrogen-bond donors (Lipinski definition) is 3. The van der Waals surface area contributed by atoms with Crippen molar-refractivity contribution in [2.75, 3.05) is 6.61 Å². The molecule has 0 aromatic heterocycles. The van der Waals surface area contributed by atoms with Crippen molar-refractivity contribution in [3.63, 3.8) is 0 Å². The van der Waals surface area contributed by atoms with Crippen molar-refractivity contribution in [3.8, 4) is 0 Å². The standard InChI is InChI=1S/C36H54O8/c1-6-7-8-9-10-11-12-13-14-15-16-17-18-19-34-42-29-27-30-33(22-37,41-30)31(39)35(40)26(20-24(4)28(35)38)36(27,44-34)25(5)21-32(29,43-34)23(2)3/h18-20,25-27,29-31,37,39-40H,2,6-17,21-22H2,1,3-5H3/b19-18+/t25-,26-,27?,29-,30+,31-,32-,33+,34?,35-,36?/m1/s1. The summed E-state index contributed by atoms with van der Waals surface area (Å²) in [6.07, 6.45) is 18.3. The van der Waals surface area contributed by atoms with Crippen LogP contribution in [0.1, 0.15) is 111 Å². The minimum absolute atomic E-state index is 0.219. The molecule has 11 atom stereocenters. The Morgan fingerprint density at radius 3 is 2.27 bits per heavy atom. The maximum absolute atomic E-state index is 13.6. The fraction of sp³-hybridized carbons (Fsp3) is 0.806. The number of rotatable bonds is 15. The summed E-state index contributed by atoms with van der Waals surface area (Å²) in [7, 11) is 0. The van der Waals surface area contributed by atoms with Crippen LogP contribution in [0.2, 0.25) is 0 Å². The molecule has 3 bridgehead atoms. The van der Waals surface area contributed by atoms with Gasteiger partial charge in [0.25, 0.3) is 0 Å². The molecule has 0 amide bonds. The van der Waals surface area contributed by atoms with E-state index in [-0.39, 0.29) is 5.92 Å². The highest BCUT2D eigenvalue weighted by molar-refractivity contribution is 6.05. The Hall–Kier alpha value is -1.39. The minimum atomic E-state index is -2.20. The van der Waals surface area contributed by atoms with E-state index in [1.165, 1.54) is 64.2 Å². The minimum Gasteiger partial charge on any atom is -0.393 e. The van der Waals surface area contributed by atoms with Crippen molar-refractivity contribution in [1.82, 2.24) is 0 Å². The number of aliphatic hydroxyl groups excluding tert-OH is 2. The van der Waals surface area contributed by atoms with Crippen LogP contribution in [0, 0.1) is 17.8 Å². The van der Waals surface area contributed by atoms with Crippen LogP contribution >= 0.6 is 0 Å². The van der Waals surface area contributed by atoms with Crippen molar-refractivity contribution in [2.24, 2.45) is 17.8 Å². The van der Waals surface area contributed by atoms with Crippen LogP contribution in [0.4, 0.5) is 0 Å². The summed E-state index contributed by atoms with van der Waals surface area (Å²) in [5.74, 6) is -3.69. The summed E-state index contributed by atoms with van der Waals surface area (Å²) < 4.78 is 26.7. The third kappa shape index (κ3) is 4.53. The van der Waals surface area contributed by atoms with Crippen molar-refractivity contribution < 1.29 is 39.1 Å². The molecule has 6 rings (SSSR count). The van der Waals surface area contributed by atoms with E-state index >= 15 is 0 Å². The number of allylic oxidation sites excluding steroid dienone is 1. The molecule has 3 N–H and O–H groups in total. The molecule has 3 aliphatic carbocycles. The molecular weight excluding hydrogens is 560 g/mol. The van der Waals surface area contributed by atoms with E-state index in [9.17, 15) is 20.1 Å². The lowest BCUT2D eigenvalue weighted by molar-refractivity contribution is -0.406. The van der Waals surface area contributed by atoms with Crippen LogP contribution in [0.5, 0.6) is 0 Å². The van der Waals surface area contributed by atoms with Gasteiger partial charge in [-0.1, -0.05) is 96.8 Å². The molecule has 0 aromatic carbocycles. The van der Waals surface area contributed by atoms with Crippen molar-refractivity contribution >= 4 is 5.78 Å². The number of carbonyl (C=O) groups is 1. The molecule has 6 aliphatic rings. The van der Waals surface area contributed by atoms with E-state index < -0.39 is 70.9 Å². The zero-order chi connectivity index (χ0) is 31.5. The van der Waals surface area contributed by atoms with E-state index in [2.05, 4.69) is 19.6 Å². The molecule has 246 valence electrons. The van der Waals surface area contributed by atoms with E-state index in [4.69, 9.17) is 18.9 Å². The summed E-state index contributed by atoms with van der Waals surface area (Å²) in [5.41, 5.74) is -4.56. The average molecular weight is 615 g/mol. The van der Waals surface area contributed by atoms with Gasteiger partial charge in [0.2, 0.25) is 0 Å². The zero-order valence-electron chi connectivity index (χ0n) is 27.2. The molecule has 3 unspecified atom stereocenters. The van der Waals surface area contributed by atoms with E-state index in [0.29, 0.717) is 12.0 Å². The Morgan fingerprint density at radius 2 is 1.66 bits per heavy atom. The molecule has 44 heavy (non-hydrogen) atoms. The topological polar surface area (TPSA) is 118 Å². The Morgan fingerprint density at radius 1 is 1.02 bits per heavy atom. The van der Waals surface area contributed by atoms with Gasteiger partial charge >= 0.3 is 5.97 Å². The van der Waals surface area contributed by atoms with E-state index in [1.54, 1.807) is 13.0 Å². The molecule has 8 heteroatoms. The first kappa shape index (κ1) is 32.5. The maximum atomic E-state index is 13.6. The summed E-state index contributed by atoms with van der Waals surface area (Å²) in [5, 5.41) is 34.3. The van der Waals surface area contributed by atoms with Crippen LogP contribution in [0.15, 0.2) is 36.0 Å². The number of unbranched alkanes of at least 4 members (excludes halogenated alkanes) is 11. The number of epoxide rings is 1. The quantitative estimate of drug-likeness (QED) is 0.127. The molecule has 8 nitrogen and oxygen atoms in total. The molecule has 3 aliphatic heterocycles. The number of hydrogen-bond acceptors (Lipinski definition) is 8. The number of aliphatic hydroxyl groups is 3. The number of ether oxygens (including phenoxy) is 4. The molecule has 5 fully saturated rings. The van der Waals surface area contributed by atoms with Gasteiger partial charge in [0.05, 0.1) is 12.2 Å². The summed E-state index contributed by atoms with van der Waals surface area (Å²) in [6.45, 7) is 11.7. The Labute approximate surface area is 262 Å². The van der Waals surface area contributed by atoms with Gasteiger partial charge in [-0.05, 0) is 50.2 Å². The van der Waals surface area contributed by atoms with Crippen molar-refractivity contribution in [1.29, 1.82) is 0 Å². The second-order valence-electron chi connectivity index (χ2n) is 14.8. The first-order valence-electron chi connectivity index (χ1n) is 17.3. The summed E-state index contributed by atoms with van der Waals surface area (Å²) in [6, 6.07) is 0. The highest BCUT2D eigenvalue weighted by Gasteiger charge is 2.88. The molecule has 0 radical (unpaired) electrons. The molecule has 0 spiro atoms. The Bertz CT molecular complexity index is 1200. The monoisotopic (exact) mass is 614 g/mol. The smallest absolute Gasteiger partial charge is 0.306 e. The predicted octanol–water partition coefficient (Wildman–Crippen LogP) is 5.43. The van der Waals surface area contributed by atoms with Crippen LogP contribution < -0.4 is 0 Å². The first-order valence-corrected chi connectivity index (χ1v) is 17.3.